The maximum atomic E-state index is 13.5. The van der Waals surface area contributed by atoms with Crippen molar-refractivity contribution in [1.29, 1.82) is 0 Å². The van der Waals surface area contributed by atoms with Gasteiger partial charge in [0.25, 0.3) is 0 Å². The summed E-state index contributed by atoms with van der Waals surface area (Å²) in [6.45, 7) is 4.95. The van der Waals surface area contributed by atoms with Crippen LogP contribution in [-0.2, 0) is 17.1 Å². The van der Waals surface area contributed by atoms with Gasteiger partial charge in [0.05, 0.1) is 11.9 Å². The highest BCUT2D eigenvalue weighted by atomic mass is 32.2. The van der Waals surface area contributed by atoms with E-state index in [0.717, 1.165) is 50.1 Å². The molecule has 0 aromatic carbocycles. The van der Waals surface area contributed by atoms with Crippen LogP contribution in [0.25, 0.3) is 5.65 Å². The average Bonchev–Trinajstić information content (AvgIpc) is 3.40. The van der Waals surface area contributed by atoms with Gasteiger partial charge in [-0.3, -0.25) is 4.68 Å². The third-order valence-corrected chi connectivity index (χ3v) is 8.77. The minimum Gasteiger partial charge on any atom is -0.317 e. The number of nitrogens with one attached hydrogen (secondary N) is 1. The van der Waals surface area contributed by atoms with Gasteiger partial charge in [-0.2, -0.15) is 14.5 Å². The minimum atomic E-state index is -3.56. The fourth-order valence-electron chi connectivity index (χ4n) is 5.13. The zero-order valence-electron chi connectivity index (χ0n) is 18.0. The van der Waals surface area contributed by atoms with Crippen LogP contribution in [0.3, 0.4) is 0 Å². The molecule has 0 atom stereocenters. The molecule has 0 unspecified atom stereocenters. The second kappa shape index (κ2) is 7.99. The molecule has 2 fully saturated rings. The quantitative estimate of drug-likeness (QED) is 0.660. The highest BCUT2D eigenvalue weighted by Gasteiger charge is 2.35. The van der Waals surface area contributed by atoms with Crippen LogP contribution in [0, 0.1) is 6.92 Å². The Balaban J connectivity index is 1.36. The number of hydrogen-bond acceptors (Lipinski definition) is 6. The number of aryl methyl sites for hydroxylation is 2. The van der Waals surface area contributed by atoms with E-state index < -0.39 is 10.0 Å². The zero-order valence-corrected chi connectivity index (χ0v) is 18.8. The maximum Gasteiger partial charge on any atom is 0.246 e. The second-order valence-electron chi connectivity index (χ2n) is 8.69. The summed E-state index contributed by atoms with van der Waals surface area (Å²) < 4.78 is 32.3. The van der Waals surface area contributed by atoms with Crippen molar-refractivity contribution in [3.05, 3.63) is 41.6 Å². The van der Waals surface area contributed by atoms with E-state index in [4.69, 9.17) is 0 Å². The van der Waals surface area contributed by atoms with Crippen molar-refractivity contribution < 1.29 is 8.42 Å². The Morgan fingerprint density at radius 1 is 1.06 bits per heavy atom. The van der Waals surface area contributed by atoms with Crippen molar-refractivity contribution >= 4 is 15.7 Å². The van der Waals surface area contributed by atoms with Gasteiger partial charge < -0.3 is 5.32 Å². The first-order valence-corrected chi connectivity index (χ1v) is 12.4. The Labute approximate surface area is 182 Å². The monoisotopic (exact) mass is 443 g/mol. The van der Waals surface area contributed by atoms with Gasteiger partial charge >= 0.3 is 0 Å². The molecular weight excluding hydrogens is 414 g/mol. The fraction of sp³-hybridized carbons (Fsp3) is 0.571. The van der Waals surface area contributed by atoms with Gasteiger partial charge in [-0.1, -0.05) is 0 Å². The van der Waals surface area contributed by atoms with Crippen LogP contribution in [-0.4, -0.2) is 63.3 Å². The molecule has 0 saturated carbocycles. The molecule has 0 radical (unpaired) electrons. The lowest BCUT2D eigenvalue weighted by atomic mass is 9.89. The first-order valence-electron chi connectivity index (χ1n) is 11.0. The third-order valence-electron chi connectivity index (χ3n) is 6.85. The molecule has 10 heteroatoms. The Hall–Kier alpha value is -2.30. The number of pyridine rings is 1. The normalized spacial score (nSPS) is 19.9. The molecule has 9 nitrogen and oxygen atoms in total. The Kier molecular flexibility index (Phi) is 5.31. The number of hydrogen-bond donors (Lipinski definition) is 1. The molecule has 3 aromatic heterocycles. The van der Waals surface area contributed by atoms with Crippen LogP contribution in [0.2, 0.25) is 0 Å². The molecule has 2 saturated heterocycles. The summed E-state index contributed by atoms with van der Waals surface area (Å²) in [5, 5.41) is 11.9. The van der Waals surface area contributed by atoms with E-state index in [9.17, 15) is 8.42 Å². The van der Waals surface area contributed by atoms with Crippen molar-refractivity contribution in [3.8, 4) is 0 Å². The van der Waals surface area contributed by atoms with Gasteiger partial charge in [0.2, 0.25) is 10.0 Å². The van der Waals surface area contributed by atoms with Gasteiger partial charge in [0.1, 0.15) is 11.2 Å². The molecule has 1 N–H and O–H groups in total. The van der Waals surface area contributed by atoms with Gasteiger partial charge in [-0.05, 0) is 68.8 Å². The zero-order chi connectivity index (χ0) is 21.6. The van der Waals surface area contributed by atoms with Crippen molar-refractivity contribution in [2.24, 2.45) is 7.05 Å². The van der Waals surface area contributed by atoms with E-state index in [-0.39, 0.29) is 5.92 Å². The number of fused-ring (bicyclic) bond motifs is 1. The van der Waals surface area contributed by atoms with Crippen LogP contribution in [0.4, 0.5) is 0 Å². The summed E-state index contributed by atoms with van der Waals surface area (Å²) in [6, 6.07) is 2.05. The highest BCUT2D eigenvalue weighted by molar-refractivity contribution is 7.89. The molecule has 5 heterocycles. The number of nitrogens with zero attached hydrogens (tertiary/aromatic N) is 6. The van der Waals surface area contributed by atoms with Crippen molar-refractivity contribution in [1.82, 2.24) is 34.0 Å². The summed E-state index contributed by atoms with van der Waals surface area (Å²) in [6.07, 6.45) is 8.61. The molecular formula is C21H29N7O2S. The SMILES string of the molecule is Cc1cc2ncnn2cc1C1CCN(S(=O)(=O)c2cnn(C)c2C2CCNCC2)CC1. The van der Waals surface area contributed by atoms with Crippen molar-refractivity contribution in [3.63, 3.8) is 0 Å². The Morgan fingerprint density at radius 2 is 1.81 bits per heavy atom. The molecule has 0 amide bonds. The molecule has 3 aromatic rings. The first-order chi connectivity index (χ1) is 14.9. The summed E-state index contributed by atoms with van der Waals surface area (Å²) in [4.78, 5) is 4.63. The standard InChI is InChI=1S/C21H29N7O2S/c1-15-11-20-23-14-25-28(20)13-18(15)16-5-9-27(10-6-16)31(29,30)19-12-24-26(2)21(19)17-3-7-22-8-4-17/h11-14,16-17,22H,3-10H2,1-2H3. The smallest absolute Gasteiger partial charge is 0.246 e. The van der Waals surface area contributed by atoms with Crippen LogP contribution in [0.1, 0.15) is 54.3 Å². The fourth-order valence-corrected chi connectivity index (χ4v) is 6.85. The molecule has 2 aliphatic heterocycles. The van der Waals surface area contributed by atoms with Gasteiger partial charge in [-0.15, -0.1) is 0 Å². The Bertz CT molecular complexity index is 1190. The predicted octanol–water partition coefficient (Wildman–Crippen LogP) is 1.81. The molecule has 0 bridgehead atoms. The molecule has 0 aliphatic carbocycles. The van der Waals surface area contributed by atoms with Crippen LogP contribution in [0.5, 0.6) is 0 Å². The summed E-state index contributed by atoms with van der Waals surface area (Å²) in [5.74, 6) is 0.547. The van der Waals surface area contributed by atoms with Crippen molar-refractivity contribution in [2.45, 2.75) is 49.3 Å². The van der Waals surface area contributed by atoms with Gasteiger partial charge in [0, 0.05) is 32.3 Å². The lowest BCUT2D eigenvalue weighted by molar-refractivity contribution is 0.318. The second-order valence-corrected chi connectivity index (χ2v) is 10.6. The summed E-state index contributed by atoms with van der Waals surface area (Å²) in [7, 11) is -1.71. The average molecular weight is 444 g/mol. The van der Waals surface area contributed by atoms with E-state index in [1.807, 2.05) is 19.3 Å². The maximum absolute atomic E-state index is 13.5. The van der Waals surface area contributed by atoms with E-state index in [1.165, 1.54) is 11.1 Å². The minimum absolute atomic E-state index is 0.230. The number of piperidine rings is 2. The van der Waals surface area contributed by atoms with Crippen LogP contribution in [0.15, 0.2) is 29.7 Å². The lowest BCUT2D eigenvalue weighted by Crippen LogP contribution is -2.38. The van der Waals surface area contributed by atoms with E-state index in [2.05, 4.69) is 27.4 Å². The van der Waals surface area contributed by atoms with Crippen LogP contribution >= 0.6 is 0 Å². The van der Waals surface area contributed by atoms with Gasteiger partial charge in [0.15, 0.2) is 5.65 Å². The molecule has 166 valence electrons. The number of rotatable bonds is 4. The highest BCUT2D eigenvalue weighted by Crippen LogP contribution is 2.35. The van der Waals surface area contributed by atoms with Gasteiger partial charge in [-0.25, -0.2) is 17.9 Å². The molecule has 31 heavy (non-hydrogen) atoms. The van der Waals surface area contributed by atoms with E-state index in [0.29, 0.717) is 23.9 Å². The molecule has 2 aliphatic rings. The number of sulfonamides is 1. The van der Waals surface area contributed by atoms with E-state index >= 15 is 0 Å². The van der Waals surface area contributed by atoms with Crippen molar-refractivity contribution in [2.75, 3.05) is 26.2 Å². The predicted molar refractivity (Wildman–Crippen MR) is 117 cm³/mol. The summed E-state index contributed by atoms with van der Waals surface area (Å²) in [5.41, 5.74) is 4.11. The Morgan fingerprint density at radius 3 is 2.55 bits per heavy atom. The third kappa shape index (κ3) is 3.66. The first kappa shape index (κ1) is 20.6. The topological polar surface area (TPSA) is 97.4 Å². The summed E-state index contributed by atoms with van der Waals surface area (Å²) >= 11 is 0. The lowest BCUT2D eigenvalue weighted by Gasteiger charge is -2.32. The van der Waals surface area contributed by atoms with Crippen LogP contribution < -0.4 is 5.32 Å². The number of aromatic nitrogens is 5. The van der Waals surface area contributed by atoms with E-state index in [1.54, 1.807) is 26.0 Å². The largest absolute Gasteiger partial charge is 0.317 e. The molecule has 5 rings (SSSR count). The molecule has 0 spiro atoms.